The van der Waals surface area contributed by atoms with E-state index in [1.165, 1.54) is 24.2 Å². The van der Waals surface area contributed by atoms with Crippen LogP contribution in [0.4, 0.5) is 16.2 Å². The number of aryl methyl sites for hydroxylation is 1. The van der Waals surface area contributed by atoms with Crippen molar-refractivity contribution in [2.45, 2.75) is 25.3 Å². The number of carbonyl (C=O) groups is 3. The summed E-state index contributed by atoms with van der Waals surface area (Å²) in [5.41, 5.74) is 4.84. The highest BCUT2D eigenvalue weighted by molar-refractivity contribution is 6.30. The predicted octanol–water partition coefficient (Wildman–Crippen LogP) is 4.28. The summed E-state index contributed by atoms with van der Waals surface area (Å²) in [7, 11) is 1.27. The smallest absolute Gasteiger partial charge is 0.411 e. The van der Waals surface area contributed by atoms with Crippen LogP contribution in [0.15, 0.2) is 73.2 Å². The van der Waals surface area contributed by atoms with Gasteiger partial charge >= 0.3 is 6.09 Å². The number of benzene rings is 2. The fraction of sp³-hybridized carbons (Fsp3) is 0.161. The number of ether oxygens (including phenoxy) is 1. The molecule has 1 atom stereocenters. The van der Waals surface area contributed by atoms with Crippen molar-refractivity contribution < 1.29 is 19.1 Å². The highest BCUT2D eigenvalue weighted by atomic mass is 35.5. The largest absolute Gasteiger partial charge is 0.453 e. The van der Waals surface area contributed by atoms with E-state index in [0.717, 1.165) is 11.4 Å². The van der Waals surface area contributed by atoms with E-state index in [4.69, 9.17) is 21.3 Å². The Morgan fingerprint density at radius 3 is 2.80 bits per heavy atom. The zero-order valence-electron chi connectivity index (χ0n) is 24.4. The van der Waals surface area contributed by atoms with Gasteiger partial charge in [-0.2, -0.15) is 4.68 Å². The molecule has 1 aliphatic heterocycles. The van der Waals surface area contributed by atoms with E-state index in [2.05, 4.69) is 41.4 Å². The van der Waals surface area contributed by atoms with Crippen LogP contribution in [0.25, 0.3) is 23.0 Å². The van der Waals surface area contributed by atoms with Gasteiger partial charge in [0.05, 0.1) is 36.4 Å². The van der Waals surface area contributed by atoms with Gasteiger partial charge < -0.3 is 20.4 Å². The maximum atomic E-state index is 13.3. The van der Waals surface area contributed by atoms with Crippen LogP contribution in [-0.2, 0) is 27.2 Å². The maximum Gasteiger partial charge on any atom is 0.411 e. The Hall–Kier alpha value is -5.89. The molecule has 4 bridgehead atoms. The lowest BCUT2D eigenvalue weighted by atomic mass is 10.1. The number of aromatic amines is 1. The summed E-state index contributed by atoms with van der Waals surface area (Å²) in [4.78, 5) is 50.7. The summed E-state index contributed by atoms with van der Waals surface area (Å²) in [6, 6.07) is 15.2. The van der Waals surface area contributed by atoms with Crippen molar-refractivity contribution in [3.63, 3.8) is 0 Å². The van der Waals surface area contributed by atoms with Crippen molar-refractivity contribution in [3.05, 3.63) is 101 Å². The molecule has 1 aliphatic rings. The number of H-pyrrole nitrogens is 1. The third-order valence-electron chi connectivity index (χ3n) is 7.14. The van der Waals surface area contributed by atoms with Crippen LogP contribution >= 0.6 is 11.6 Å². The molecule has 0 saturated heterocycles. The molecule has 6 rings (SSSR count). The summed E-state index contributed by atoms with van der Waals surface area (Å²) in [6.45, 7) is 0. The molecule has 15 heteroatoms. The van der Waals surface area contributed by atoms with Crippen molar-refractivity contribution in [1.29, 1.82) is 0 Å². The number of nitrogens with zero attached hydrogens (tertiary/aromatic N) is 6. The van der Waals surface area contributed by atoms with E-state index >= 15 is 0 Å². The van der Waals surface area contributed by atoms with Gasteiger partial charge in [0, 0.05) is 52.1 Å². The predicted molar refractivity (Wildman–Crippen MR) is 169 cm³/mol. The minimum Gasteiger partial charge on any atom is -0.453 e. The SMILES string of the molecule is COC(=O)Nc1ccc2c(c1)NC(=O)CCc1cccc(n1)C[C@H](NC(=O)/C=C/c1cc(Cl)ccc1-n1cnnn1)c1ncc-2[nH]1. The zero-order valence-corrected chi connectivity index (χ0v) is 25.2. The van der Waals surface area contributed by atoms with Gasteiger partial charge in [-0.1, -0.05) is 17.7 Å². The van der Waals surface area contributed by atoms with Crippen molar-refractivity contribution in [2.24, 2.45) is 0 Å². The number of pyridine rings is 1. The summed E-state index contributed by atoms with van der Waals surface area (Å²) in [5.74, 6) is -0.124. The van der Waals surface area contributed by atoms with Gasteiger partial charge in [0.2, 0.25) is 11.8 Å². The molecule has 0 fully saturated rings. The summed E-state index contributed by atoms with van der Waals surface area (Å²) >= 11 is 6.24. The van der Waals surface area contributed by atoms with Gasteiger partial charge in [-0.25, -0.2) is 9.78 Å². The Labute approximate surface area is 267 Å². The van der Waals surface area contributed by atoms with Crippen molar-refractivity contribution in [2.75, 3.05) is 17.7 Å². The molecular weight excluding hydrogens is 612 g/mol. The van der Waals surface area contributed by atoms with Crippen LogP contribution in [0.1, 0.15) is 35.2 Å². The minimum atomic E-state index is -0.642. The van der Waals surface area contributed by atoms with Crippen LogP contribution in [-0.4, -0.2) is 60.2 Å². The normalized spacial score (nSPS) is 14.6. The number of aromatic nitrogens is 7. The highest BCUT2D eigenvalue weighted by Gasteiger charge is 2.21. The molecule has 4 heterocycles. The number of fused-ring (bicyclic) bond motifs is 6. The number of anilines is 2. The first kappa shape index (κ1) is 30.1. The van der Waals surface area contributed by atoms with Crippen LogP contribution in [0.2, 0.25) is 5.02 Å². The number of rotatable bonds is 5. The number of imidazole rings is 1. The summed E-state index contributed by atoms with van der Waals surface area (Å²) in [5, 5.41) is 20.4. The Kier molecular flexibility index (Phi) is 8.78. The molecule has 14 nitrogen and oxygen atoms in total. The Bertz CT molecular complexity index is 1940. The van der Waals surface area contributed by atoms with Crippen molar-refractivity contribution in [1.82, 2.24) is 40.5 Å². The van der Waals surface area contributed by atoms with Gasteiger partial charge in [-0.05, 0) is 71.5 Å². The number of hydrogen-bond acceptors (Lipinski definition) is 9. The topological polar surface area (TPSA) is 182 Å². The molecule has 0 radical (unpaired) electrons. The number of tetrazole rings is 1. The number of amides is 3. The van der Waals surface area contributed by atoms with E-state index in [9.17, 15) is 14.4 Å². The second kappa shape index (κ2) is 13.4. The van der Waals surface area contributed by atoms with E-state index in [1.54, 1.807) is 48.7 Å². The molecule has 4 N–H and O–H groups in total. The summed E-state index contributed by atoms with van der Waals surface area (Å²) in [6.07, 6.45) is 6.37. The molecule has 0 spiro atoms. The maximum absolute atomic E-state index is 13.3. The third-order valence-corrected chi connectivity index (χ3v) is 7.38. The molecular formula is C31H27ClN10O4. The molecule has 3 aromatic heterocycles. The zero-order chi connectivity index (χ0) is 32.0. The van der Waals surface area contributed by atoms with Crippen molar-refractivity contribution >= 4 is 47.0 Å². The molecule has 0 unspecified atom stereocenters. The quantitative estimate of drug-likeness (QED) is 0.204. The van der Waals surface area contributed by atoms with E-state index in [-0.39, 0.29) is 18.2 Å². The number of carbonyl (C=O) groups excluding carboxylic acids is 3. The van der Waals surface area contributed by atoms with Gasteiger partial charge in [0.1, 0.15) is 12.2 Å². The molecule has 0 aliphatic carbocycles. The van der Waals surface area contributed by atoms with E-state index < -0.39 is 12.1 Å². The van der Waals surface area contributed by atoms with E-state index in [0.29, 0.717) is 57.6 Å². The van der Waals surface area contributed by atoms with Crippen LogP contribution < -0.4 is 16.0 Å². The van der Waals surface area contributed by atoms with Crippen LogP contribution in [0.3, 0.4) is 0 Å². The van der Waals surface area contributed by atoms with Crippen molar-refractivity contribution in [3.8, 4) is 16.9 Å². The van der Waals surface area contributed by atoms with Gasteiger partial charge in [-0.3, -0.25) is 19.9 Å². The first-order valence-electron chi connectivity index (χ1n) is 14.1. The molecule has 46 heavy (non-hydrogen) atoms. The van der Waals surface area contributed by atoms with Gasteiger partial charge in [-0.15, -0.1) is 5.10 Å². The molecule has 3 amide bonds. The standard InChI is InChI=1S/C31H27ClN10O4/c1-46-31(45)36-22-7-9-23-24(14-22)37-29(44)12-8-20-3-2-4-21(35-20)15-25(30-33-16-26(23)39-30)38-28(43)11-5-18-13-19(32)6-10-27(18)42-17-34-40-41-42/h2-7,9-11,13-14,16-17,25H,8,12,15H2,1H3,(H,33,39)(H,36,45)(H,37,44)(H,38,43)/b11-5+/t25-/m0/s1. The molecule has 0 saturated carbocycles. The highest BCUT2D eigenvalue weighted by Crippen LogP contribution is 2.31. The lowest BCUT2D eigenvalue weighted by molar-refractivity contribution is -0.117. The number of hydrogen-bond donors (Lipinski definition) is 4. The molecule has 232 valence electrons. The molecule has 2 aromatic carbocycles. The number of methoxy groups -OCH3 is 1. The first-order valence-corrected chi connectivity index (χ1v) is 14.5. The second-order valence-electron chi connectivity index (χ2n) is 10.3. The Morgan fingerprint density at radius 1 is 1.11 bits per heavy atom. The lowest BCUT2D eigenvalue weighted by Gasteiger charge is -2.17. The Balaban J connectivity index is 1.33. The fourth-order valence-corrected chi connectivity index (χ4v) is 5.15. The average Bonchev–Trinajstić information content (AvgIpc) is 3.76. The Morgan fingerprint density at radius 2 is 1.98 bits per heavy atom. The fourth-order valence-electron chi connectivity index (χ4n) is 4.97. The minimum absolute atomic E-state index is 0.180. The monoisotopic (exact) mass is 638 g/mol. The number of halogens is 1. The average molecular weight is 639 g/mol. The van der Waals surface area contributed by atoms with E-state index in [1.807, 2.05) is 18.2 Å². The third kappa shape index (κ3) is 7.08. The number of nitrogens with one attached hydrogen (secondary N) is 4. The van der Waals surface area contributed by atoms with Crippen LogP contribution in [0, 0.1) is 0 Å². The summed E-state index contributed by atoms with van der Waals surface area (Å²) < 4.78 is 6.18. The first-order chi connectivity index (χ1) is 22.3. The molecule has 5 aromatic rings. The van der Waals surface area contributed by atoms with Crippen LogP contribution in [0.5, 0.6) is 0 Å². The van der Waals surface area contributed by atoms with Gasteiger partial charge in [0.25, 0.3) is 0 Å². The lowest BCUT2D eigenvalue weighted by Crippen LogP contribution is -2.29. The van der Waals surface area contributed by atoms with Gasteiger partial charge in [0.15, 0.2) is 0 Å². The second-order valence-corrected chi connectivity index (χ2v) is 10.7.